The van der Waals surface area contributed by atoms with Crippen LogP contribution >= 0.6 is 11.6 Å². The molecule has 0 atom stereocenters. The lowest BCUT2D eigenvalue weighted by molar-refractivity contribution is 0.0773. The number of benzene rings is 1. The average Bonchev–Trinajstić information content (AvgIpc) is 2.30. The molecule has 0 spiro atoms. The molecule has 1 amide bonds. The third-order valence-corrected chi connectivity index (χ3v) is 2.69. The summed E-state index contributed by atoms with van der Waals surface area (Å²) >= 11 is 5.73. The van der Waals surface area contributed by atoms with Crippen molar-refractivity contribution in [2.45, 2.75) is 19.7 Å². The number of nitrogens with zero attached hydrogens (tertiary/aromatic N) is 1. The van der Waals surface area contributed by atoms with Crippen molar-refractivity contribution < 1.29 is 4.79 Å². The normalized spacial score (nSPS) is 10.1. The zero-order chi connectivity index (χ0) is 11.3. The molecule has 0 fully saturated rings. The summed E-state index contributed by atoms with van der Waals surface area (Å²) in [6.07, 6.45) is 0. The molecule has 3 heteroatoms. The summed E-state index contributed by atoms with van der Waals surface area (Å²) in [4.78, 5) is 13.8. The van der Waals surface area contributed by atoms with Gasteiger partial charge in [0.1, 0.15) is 0 Å². The number of carbonyl (C=O) groups excluding carboxylic acids is 1. The van der Waals surface area contributed by atoms with Crippen molar-refractivity contribution in [2.24, 2.45) is 0 Å². The number of halogens is 1. The highest BCUT2D eigenvalue weighted by Crippen LogP contribution is 2.10. The average molecular weight is 226 g/mol. The van der Waals surface area contributed by atoms with Crippen LogP contribution in [0.15, 0.2) is 24.3 Å². The predicted molar refractivity (Wildman–Crippen MR) is 63.3 cm³/mol. The van der Waals surface area contributed by atoms with E-state index in [1.165, 1.54) is 0 Å². The third-order valence-electron chi connectivity index (χ3n) is 2.38. The van der Waals surface area contributed by atoms with Crippen LogP contribution in [-0.2, 0) is 5.88 Å². The second-order valence-electron chi connectivity index (χ2n) is 3.31. The lowest BCUT2D eigenvalue weighted by atomic mass is 10.1. The van der Waals surface area contributed by atoms with E-state index in [0.29, 0.717) is 5.88 Å². The molecule has 1 rings (SSSR count). The van der Waals surface area contributed by atoms with Crippen LogP contribution in [-0.4, -0.2) is 23.9 Å². The Morgan fingerprint density at radius 3 is 2.53 bits per heavy atom. The van der Waals surface area contributed by atoms with Crippen LogP contribution in [0.1, 0.15) is 29.8 Å². The van der Waals surface area contributed by atoms with Gasteiger partial charge in [-0.1, -0.05) is 12.1 Å². The van der Waals surface area contributed by atoms with Gasteiger partial charge in [-0.25, -0.2) is 0 Å². The topological polar surface area (TPSA) is 20.3 Å². The van der Waals surface area contributed by atoms with E-state index in [-0.39, 0.29) is 5.91 Å². The second kappa shape index (κ2) is 5.76. The van der Waals surface area contributed by atoms with E-state index in [9.17, 15) is 4.79 Å². The van der Waals surface area contributed by atoms with E-state index in [0.717, 1.165) is 24.2 Å². The first-order valence-corrected chi connectivity index (χ1v) is 5.70. The second-order valence-corrected chi connectivity index (χ2v) is 3.58. The first-order chi connectivity index (χ1) is 7.22. The fourth-order valence-electron chi connectivity index (χ4n) is 1.48. The molecule has 0 aliphatic carbocycles. The monoisotopic (exact) mass is 225 g/mol. The fourth-order valence-corrected chi connectivity index (χ4v) is 1.65. The molecule has 0 heterocycles. The van der Waals surface area contributed by atoms with E-state index < -0.39 is 0 Å². The molecule has 0 saturated heterocycles. The zero-order valence-corrected chi connectivity index (χ0v) is 9.92. The van der Waals surface area contributed by atoms with E-state index in [1.807, 2.05) is 38.1 Å². The molecule has 2 nitrogen and oxygen atoms in total. The smallest absolute Gasteiger partial charge is 0.253 e. The maximum Gasteiger partial charge on any atom is 0.253 e. The summed E-state index contributed by atoms with van der Waals surface area (Å²) in [6.45, 7) is 5.43. The molecule has 1 aromatic carbocycles. The Hall–Kier alpha value is -1.02. The van der Waals surface area contributed by atoms with Crippen molar-refractivity contribution in [3.05, 3.63) is 35.4 Å². The molecule has 82 valence electrons. The first-order valence-electron chi connectivity index (χ1n) is 5.17. The standard InChI is InChI=1S/C12H16ClNO/c1-3-14(4-2)12(15)11-7-5-6-10(8-11)9-13/h5-8H,3-4,9H2,1-2H3. The minimum absolute atomic E-state index is 0.0759. The summed E-state index contributed by atoms with van der Waals surface area (Å²) in [5.74, 6) is 0.520. The molecular formula is C12H16ClNO. The van der Waals surface area contributed by atoms with Crippen molar-refractivity contribution >= 4 is 17.5 Å². The number of alkyl halides is 1. The van der Waals surface area contributed by atoms with Gasteiger partial charge in [0.25, 0.3) is 5.91 Å². The minimum atomic E-state index is 0.0759. The molecule has 0 aliphatic heterocycles. The summed E-state index contributed by atoms with van der Waals surface area (Å²) in [6, 6.07) is 7.48. The van der Waals surface area contributed by atoms with Crippen molar-refractivity contribution in [3.63, 3.8) is 0 Å². The SMILES string of the molecule is CCN(CC)C(=O)c1cccc(CCl)c1. The van der Waals surface area contributed by atoms with Gasteiger partial charge in [0.2, 0.25) is 0 Å². The summed E-state index contributed by atoms with van der Waals surface area (Å²) in [5, 5.41) is 0. The van der Waals surface area contributed by atoms with Crippen LogP contribution in [0.4, 0.5) is 0 Å². The quantitative estimate of drug-likeness (QED) is 0.722. The minimum Gasteiger partial charge on any atom is -0.339 e. The molecule has 0 aromatic heterocycles. The van der Waals surface area contributed by atoms with Gasteiger partial charge in [-0.05, 0) is 31.5 Å². The maximum absolute atomic E-state index is 12.0. The van der Waals surface area contributed by atoms with Crippen molar-refractivity contribution in [2.75, 3.05) is 13.1 Å². The zero-order valence-electron chi connectivity index (χ0n) is 9.16. The number of carbonyl (C=O) groups is 1. The third kappa shape index (κ3) is 2.96. The molecule has 0 aliphatic rings. The summed E-state index contributed by atoms with van der Waals surface area (Å²) in [5.41, 5.74) is 1.70. The van der Waals surface area contributed by atoms with Gasteiger partial charge in [-0.3, -0.25) is 4.79 Å². The molecule has 0 radical (unpaired) electrons. The number of rotatable bonds is 4. The number of hydrogen-bond donors (Lipinski definition) is 0. The Kier molecular flexibility index (Phi) is 4.63. The molecule has 0 bridgehead atoms. The molecule has 1 aromatic rings. The number of hydrogen-bond acceptors (Lipinski definition) is 1. The Morgan fingerprint density at radius 2 is 2.00 bits per heavy atom. The summed E-state index contributed by atoms with van der Waals surface area (Å²) < 4.78 is 0. The Balaban J connectivity index is 2.90. The van der Waals surface area contributed by atoms with Crippen molar-refractivity contribution in [1.82, 2.24) is 4.90 Å². The molecule has 0 saturated carbocycles. The van der Waals surface area contributed by atoms with Gasteiger partial charge in [0.05, 0.1) is 0 Å². The lowest BCUT2D eigenvalue weighted by Crippen LogP contribution is -2.30. The van der Waals surface area contributed by atoms with Crippen LogP contribution < -0.4 is 0 Å². The Morgan fingerprint density at radius 1 is 1.33 bits per heavy atom. The highest BCUT2D eigenvalue weighted by Gasteiger charge is 2.11. The van der Waals surface area contributed by atoms with E-state index in [4.69, 9.17) is 11.6 Å². The fraction of sp³-hybridized carbons (Fsp3) is 0.417. The first kappa shape index (κ1) is 12.1. The van der Waals surface area contributed by atoms with E-state index >= 15 is 0 Å². The van der Waals surface area contributed by atoms with Gasteiger partial charge in [0, 0.05) is 24.5 Å². The van der Waals surface area contributed by atoms with Crippen LogP contribution in [0.5, 0.6) is 0 Å². The summed E-state index contributed by atoms with van der Waals surface area (Å²) in [7, 11) is 0. The Labute approximate surface area is 95.8 Å². The molecular weight excluding hydrogens is 210 g/mol. The van der Waals surface area contributed by atoms with Crippen molar-refractivity contribution in [1.29, 1.82) is 0 Å². The van der Waals surface area contributed by atoms with E-state index in [2.05, 4.69) is 0 Å². The molecule has 0 N–H and O–H groups in total. The van der Waals surface area contributed by atoms with Gasteiger partial charge in [-0.15, -0.1) is 11.6 Å². The van der Waals surface area contributed by atoms with Crippen LogP contribution in [0.25, 0.3) is 0 Å². The van der Waals surface area contributed by atoms with Crippen LogP contribution in [0, 0.1) is 0 Å². The van der Waals surface area contributed by atoms with Crippen LogP contribution in [0.3, 0.4) is 0 Å². The largest absolute Gasteiger partial charge is 0.339 e. The highest BCUT2D eigenvalue weighted by molar-refractivity contribution is 6.17. The van der Waals surface area contributed by atoms with Gasteiger partial charge < -0.3 is 4.90 Å². The van der Waals surface area contributed by atoms with E-state index in [1.54, 1.807) is 4.90 Å². The van der Waals surface area contributed by atoms with Gasteiger partial charge in [0.15, 0.2) is 0 Å². The molecule has 0 unspecified atom stereocenters. The Bertz CT molecular complexity index is 334. The lowest BCUT2D eigenvalue weighted by Gasteiger charge is -2.18. The number of amides is 1. The van der Waals surface area contributed by atoms with Gasteiger partial charge in [-0.2, -0.15) is 0 Å². The van der Waals surface area contributed by atoms with Crippen molar-refractivity contribution in [3.8, 4) is 0 Å². The molecule has 15 heavy (non-hydrogen) atoms. The highest BCUT2D eigenvalue weighted by atomic mass is 35.5. The maximum atomic E-state index is 12.0. The van der Waals surface area contributed by atoms with Gasteiger partial charge >= 0.3 is 0 Å². The predicted octanol–water partition coefficient (Wildman–Crippen LogP) is 2.91. The van der Waals surface area contributed by atoms with Crippen LogP contribution in [0.2, 0.25) is 0 Å².